The molecule has 166 valence electrons. The Labute approximate surface area is 179 Å². The summed E-state index contributed by atoms with van der Waals surface area (Å²) in [6, 6.07) is 4.87. The first-order valence-corrected chi connectivity index (χ1v) is 9.62. The van der Waals surface area contributed by atoms with E-state index in [0.717, 1.165) is 12.1 Å². The molecule has 0 saturated heterocycles. The molecule has 1 atom stereocenters. The summed E-state index contributed by atoms with van der Waals surface area (Å²) in [6.45, 7) is 9.03. The van der Waals surface area contributed by atoms with Gasteiger partial charge in [0.2, 0.25) is 5.95 Å². The van der Waals surface area contributed by atoms with Gasteiger partial charge in [-0.1, -0.05) is 24.0 Å². The molecule has 0 fully saturated rings. The number of carbonyl (C=O) groups is 1. The van der Waals surface area contributed by atoms with E-state index in [1.165, 1.54) is 12.1 Å². The van der Waals surface area contributed by atoms with E-state index in [9.17, 15) is 18.0 Å². The Bertz CT molecular complexity index is 983. The van der Waals surface area contributed by atoms with Crippen LogP contribution >= 0.6 is 0 Å². The highest BCUT2D eigenvalue weighted by molar-refractivity contribution is 5.92. The maximum atomic E-state index is 12.8. The molecule has 1 aromatic carbocycles. The van der Waals surface area contributed by atoms with Crippen molar-refractivity contribution in [3.8, 4) is 11.8 Å². The zero-order valence-electron chi connectivity index (χ0n) is 18.0. The Morgan fingerprint density at radius 1 is 1.19 bits per heavy atom. The van der Waals surface area contributed by atoms with Crippen LogP contribution in [0.4, 0.5) is 24.9 Å². The molecule has 0 aliphatic carbocycles. The Balaban J connectivity index is 2.26. The molecule has 0 aliphatic heterocycles. The third kappa shape index (κ3) is 6.18. The fourth-order valence-electron chi connectivity index (χ4n) is 2.71. The standard InChI is InChI=1S/C22H25F3N4O2/c1-6-31-14(3)19(30)29-20-27-13(2)17(18(26)28-20)11-12-21(4,5)15-7-9-16(10-8-15)22(23,24)25/h7-10,14H,6H2,1-5H3,(H3,26,27,28,29,30). The lowest BCUT2D eigenvalue weighted by Crippen LogP contribution is -2.28. The third-order valence-corrected chi connectivity index (χ3v) is 4.57. The number of hydrogen-bond donors (Lipinski definition) is 2. The number of anilines is 2. The van der Waals surface area contributed by atoms with Crippen LogP contribution < -0.4 is 11.1 Å². The molecular weight excluding hydrogens is 409 g/mol. The average Bonchev–Trinajstić information content (AvgIpc) is 2.66. The van der Waals surface area contributed by atoms with E-state index in [0.29, 0.717) is 23.4 Å². The largest absolute Gasteiger partial charge is 0.416 e. The number of aryl methyl sites for hydroxylation is 1. The van der Waals surface area contributed by atoms with E-state index in [-0.39, 0.29) is 11.8 Å². The van der Waals surface area contributed by atoms with Gasteiger partial charge in [0.25, 0.3) is 5.91 Å². The molecule has 1 amide bonds. The van der Waals surface area contributed by atoms with Gasteiger partial charge in [0.15, 0.2) is 0 Å². The van der Waals surface area contributed by atoms with Crippen molar-refractivity contribution in [1.29, 1.82) is 0 Å². The van der Waals surface area contributed by atoms with E-state index in [4.69, 9.17) is 10.5 Å². The minimum atomic E-state index is -4.39. The van der Waals surface area contributed by atoms with Gasteiger partial charge in [-0.3, -0.25) is 10.1 Å². The number of hydrogen-bond acceptors (Lipinski definition) is 5. The van der Waals surface area contributed by atoms with E-state index < -0.39 is 29.2 Å². The summed E-state index contributed by atoms with van der Waals surface area (Å²) in [5, 5.41) is 2.54. The average molecular weight is 434 g/mol. The lowest BCUT2D eigenvalue weighted by Gasteiger charge is -2.19. The van der Waals surface area contributed by atoms with Crippen molar-refractivity contribution in [3.05, 3.63) is 46.6 Å². The Morgan fingerprint density at radius 3 is 2.29 bits per heavy atom. The lowest BCUT2D eigenvalue weighted by atomic mass is 9.84. The molecule has 3 N–H and O–H groups in total. The summed E-state index contributed by atoms with van der Waals surface area (Å²) in [5.74, 6) is 5.68. The highest BCUT2D eigenvalue weighted by Crippen LogP contribution is 2.31. The van der Waals surface area contributed by atoms with Gasteiger partial charge < -0.3 is 10.5 Å². The minimum absolute atomic E-state index is 0.0408. The van der Waals surface area contributed by atoms with Crippen LogP contribution in [0.2, 0.25) is 0 Å². The number of rotatable bonds is 5. The first kappa shape index (κ1) is 24.2. The van der Waals surface area contributed by atoms with Crippen molar-refractivity contribution in [1.82, 2.24) is 9.97 Å². The number of halogens is 3. The van der Waals surface area contributed by atoms with Crippen molar-refractivity contribution in [2.45, 2.75) is 52.3 Å². The van der Waals surface area contributed by atoms with Gasteiger partial charge in [0.05, 0.1) is 22.2 Å². The number of nitrogens with one attached hydrogen (secondary N) is 1. The maximum Gasteiger partial charge on any atom is 0.416 e. The van der Waals surface area contributed by atoms with Crippen LogP contribution in [0.5, 0.6) is 0 Å². The summed E-state index contributed by atoms with van der Waals surface area (Å²) in [5.41, 5.74) is 6.01. The molecular formula is C22H25F3N4O2. The van der Waals surface area contributed by atoms with E-state index in [1.807, 2.05) is 0 Å². The number of ether oxygens (including phenoxy) is 1. The van der Waals surface area contributed by atoms with Crippen molar-refractivity contribution in [3.63, 3.8) is 0 Å². The number of carbonyl (C=O) groups excluding carboxylic acids is 1. The molecule has 2 rings (SSSR count). The molecule has 0 spiro atoms. The number of aromatic nitrogens is 2. The van der Waals surface area contributed by atoms with Gasteiger partial charge in [0, 0.05) is 6.61 Å². The number of nitrogens with two attached hydrogens (primary N) is 1. The second-order valence-electron chi connectivity index (χ2n) is 7.43. The molecule has 1 aromatic heterocycles. The van der Waals surface area contributed by atoms with Crippen LogP contribution in [-0.4, -0.2) is 28.6 Å². The zero-order chi connectivity index (χ0) is 23.4. The number of benzene rings is 1. The summed E-state index contributed by atoms with van der Waals surface area (Å²) in [6.07, 6.45) is -5.06. The van der Waals surface area contributed by atoms with Gasteiger partial charge >= 0.3 is 6.18 Å². The van der Waals surface area contributed by atoms with Crippen molar-refractivity contribution in [2.75, 3.05) is 17.7 Å². The molecule has 6 nitrogen and oxygen atoms in total. The summed E-state index contributed by atoms with van der Waals surface area (Å²) < 4.78 is 43.6. The van der Waals surface area contributed by atoms with Crippen LogP contribution in [0.1, 0.15) is 50.1 Å². The van der Waals surface area contributed by atoms with Crippen molar-refractivity contribution in [2.24, 2.45) is 0 Å². The number of nitrogens with zero attached hydrogens (tertiary/aromatic N) is 2. The second kappa shape index (κ2) is 9.35. The molecule has 1 unspecified atom stereocenters. The fraction of sp³-hybridized carbons (Fsp3) is 0.409. The van der Waals surface area contributed by atoms with Crippen LogP contribution in [0, 0.1) is 18.8 Å². The first-order chi connectivity index (χ1) is 14.3. The predicted molar refractivity (Wildman–Crippen MR) is 112 cm³/mol. The number of alkyl halides is 3. The number of amides is 1. The molecule has 0 bridgehead atoms. The van der Waals surface area contributed by atoms with Gasteiger partial charge in [-0.25, -0.2) is 4.98 Å². The highest BCUT2D eigenvalue weighted by atomic mass is 19.4. The zero-order valence-corrected chi connectivity index (χ0v) is 18.0. The normalized spacial score (nSPS) is 12.6. The van der Waals surface area contributed by atoms with E-state index in [1.54, 1.807) is 34.6 Å². The SMILES string of the molecule is CCOC(C)C(=O)Nc1nc(C)c(C#CC(C)(C)c2ccc(C(F)(F)F)cc2)c(N)n1. The van der Waals surface area contributed by atoms with Crippen molar-refractivity contribution >= 4 is 17.7 Å². The van der Waals surface area contributed by atoms with Gasteiger partial charge in [-0.2, -0.15) is 18.2 Å². The summed E-state index contributed by atoms with van der Waals surface area (Å²) in [7, 11) is 0. The summed E-state index contributed by atoms with van der Waals surface area (Å²) in [4.78, 5) is 20.4. The Hall–Kier alpha value is -3.12. The monoisotopic (exact) mass is 434 g/mol. The molecule has 0 radical (unpaired) electrons. The van der Waals surface area contributed by atoms with Crippen molar-refractivity contribution < 1.29 is 22.7 Å². The minimum Gasteiger partial charge on any atom is -0.382 e. The van der Waals surface area contributed by atoms with Gasteiger partial charge in [0.1, 0.15) is 11.9 Å². The smallest absolute Gasteiger partial charge is 0.382 e. The van der Waals surface area contributed by atoms with E-state index in [2.05, 4.69) is 27.1 Å². The predicted octanol–water partition coefficient (Wildman–Crippen LogP) is 4.08. The molecule has 1 heterocycles. The highest BCUT2D eigenvalue weighted by Gasteiger charge is 2.30. The van der Waals surface area contributed by atoms with Gasteiger partial charge in [-0.15, -0.1) is 0 Å². The van der Waals surface area contributed by atoms with E-state index >= 15 is 0 Å². The Kier molecular flexibility index (Phi) is 7.28. The summed E-state index contributed by atoms with van der Waals surface area (Å²) >= 11 is 0. The second-order valence-corrected chi connectivity index (χ2v) is 7.43. The third-order valence-electron chi connectivity index (χ3n) is 4.57. The van der Waals surface area contributed by atoms with Gasteiger partial charge in [-0.05, 0) is 52.3 Å². The molecule has 0 aliphatic rings. The van der Waals surface area contributed by atoms with Crippen LogP contribution in [0.15, 0.2) is 24.3 Å². The first-order valence-electron chi connectivity index (χ1n) is 9.62. The Morgan fingerprint density at radius 2 is 1.77 bits per heavy atom. The molecule has 31 heavy (non-hydrogen) atoms. The molecule has 2 aromatic rings. The molecule has 0 saturated carbocycles. The van der Waals surface area contributed by atoms with Crippen LogP contribution in [0.25, 0.3) is 0 Å². The maximum absolute atomic E-state index is 12.8. The fourth-order valence-corrected chi connectivity index (χ4v) is 2.71. The number of nitrogen functional groups attached to an aromatic ring is 1. The topological polar surface area (TPSA) is 90.1 Å². The molecule has 9 heteroatoms. The van der Waals surface area contributed by atoms with Crippen LogP contribution in [-0.2, 0) is 21.1 Å². The quantitative estimate of drug-likeness (QED) is 0.692. The lowest BCUT2D eigenvalue weighted by molar-refractivity contribution is -0.137. The van der Waals surface area contributed by atoms with Crippen LogP contribution in [0.3, 0.4) is 0 Å².